The van der Waals surface area contributed by atoms with Gasteiger partial charge in [-0.1, -0.05) is 38.6 Å². The van der Waals surface area contributed by atoms with E-state index in [0.29, 0.717) is 36.0 Å². The predicted molar refractivity (Wildman–Crippen MR) is 148 cm³/mol. The van der Waals surface area contributed by atoms with Gasteiger partial charge in [0, 0.05) is 60.4 Å². The number of hydrogen-bond acceptors (Lipinski definition) is 6. The largest absolute Gasteiger partial charge is 0.457 e. The van der Waals surface area contributed by atoms with Crippen molar-refractivity contribution in [3.05, 3.63) is 102 Å². The summed E-state index contributed by atoms with van der Waals surface area (Å²) < 4.78 is 8.13. The molecule has 0 aliphatic carbocycles. The number of nitrogens with zero attached hydrogens (tertiary/aromatic N) is 4. The van der Waals surface area contributed by atoms with Crippen molar-refractivity contribution in [2.75, 3.05) is 11.9 Å². The first-order valence-corrected chi connectivity index (χ1v) is 12.2. The third kappa shape index (κ3) is 6.10. The highest BCUT2D eigenvalue weighted by atomic mass is 16.5. The number of imidazole rings is 1. The lowest BCUT2D eigenvalue weighted by atomic mass is 10.1. The number of amides is 1. The van der Waals surface area contributed by atoms with Crippen LogP contribution in [0.4, 0.5) is 5.82 Å². The van der Waals surface area contributed by atoms with E-state index >= 15 is 0 Å². The van der Waals surface area contributed by atoms with Crippen LogP contribution in [0.2, 0.25) is 0 Å². The second kappa shape index (κ2) is 11.8. The molecule has 3 aromatic heterocycles. The number of rotatable bonds is 8. The van der Waals surface area contributed by atoms with Gasteiger partial charge in [-0.2, -0.15) is 0 Å². The van der Waals surface area contributed by atoms with Crippen molar-refractivity contribution in [3.63, 3.8) is 0 Å². The lowest BCUT2D eigenvalue weighted by molar-refractivity contribution is -0.112. The summed E-state index contributed by atoms with van der Waals surface area (Å²) in [6.07, 6.45) is 10.7. The molecule has 0 saturated carbocycles. The third-order valence-corrected chi connectivity index (χ3v) is 5.68. The molecule has 37 heavy (non-hydrogen) atoms. The Morgan fingerprint density at radius 1 is 1.14 bits per heavy atom. The van der Waals surface area contributed by atoms with Gasteiger partial charge in [-0.3, -0.25) is 9.79 Å². The summed E-state index contributed by atoms with van der Waals surface area (Å²) >= 11 is 0. The number of fused-ring (bicyclic) bond motifs is 1. The minimum atomic E-state index is -0.247. The standard InChI is InChI=1S/C27H24N6O2.C2H6/c1-18-23(19(2)31-15-20-6-7-26-30-12-13-33(26)17-20)4-3-5-24(18)35-22-9-11-29-25(14-22)32-27(34)21-8-10-28-16-21;1-2/h3-9,11-14,16-17,31H,2,10,15H2,1H3,(H,29,32,34);1-2H3. The van der Waals surface area contributed by atoms with Crippen molar-refractivity contribution in [2.45, 2.75) is 27.3 Å². The number of carbonyl (C=O) groups is 1. The van der Waals surface area contributed by atoms with Crippen LogP contribution < -0.4 is 15.4 Å². The third-order valence-electron chi connectivity index (χ3n) is 5.68. The Labute approximate surface area is 216 Å². The fourth-order valence-corrected chi connectivity index (χ4v) is 3.79. The van der Waals surface area contributed by atoms with Crippen LogP contribution in [0.5, 0.6) is 11.5 Å². The van der Waals surface area contributed by atoms with E-state index < -0.39 is 0 Å². The Kier molecular flexibility index (Phi) is 8.10. The molecule has 5 rings (SSSR count). The van der Waals surface area contributed by atoms with Gasteiger partial charge in [-0.15, -0.1) is 0 Å². The molecule has 0 spiro atoms. The highest BCUT2D eigenvalue weighted by Crippen LogP contribution is 2.30. The number of anilines is 1. The first kappa shape index (κ1) is 25.4. The molecule has 4 heterocycles. The molecule has 4 aromatic rings. The number of carbonyl (C=O) groups excluding carboxylic acids is 1. The van der Waals surface area contributed by atoms with Gasteiger partial charge in [-0.25, -0.2) is 9.97 Å². The molecule has 0 bridgehead atoms. The van der Waals surface area contributed by atoms with Crippen LogP contribution >= 0.6 is 0 Å². The molecule has 188 valence electrons. The van der Waals surface area contributed by atoms with Crippen LogP contribution in [0.3, 0.4) is 0 Å². The topological polar surface area (TPSA) is 92.9 Å². The molecule has 1 aromatic carbocycles. The summed E-state index contributed by atoms with van der Waals surface area (Å²) in [4.78, 5) is 24.8. The van der Waals surface area contributed by atoms with E-state index in [0.717, 1.165) is 28.0 Å². The predicted octanol–water partition coefficient (Wildman–Crippen LogP) is 5.57. The fraction of sp³-hybridized carbons (Fsp3) is 0.172. The summed E-state index contributed by atoms with van der Waals surface area (Å²) in [5.41, 5.74) is 5.26. The normalized spacial score (nSPS) is 11.9. The van der Waals surface area contributed by atoms with Crippen molar-refractivity contribution in [1.82, 2.24) is 19.7 Å². The Morgan fingerprint density at radius 3 is 2.81 bits per heavy atom. The van der Waals surface area contributed by atoms with Gasteiger partial charge >= 0.3 is 0 Å². The number of pyridine rings is 2. The summed E-state index contributed by atoms with van der Waals surface area (Å²) in [6.45, 7) is 11.4. The Hall–Kier alpha value is -4.72. The molecule has 8 heteroatoms. The van der Waals surface area contributed by atoms with Crippen LogP contribution in [0.15, 0.2) is 90.5 Å². The van der Waals surface area contributed by atoms with Crippen LogP contribution in [0.1, 0.15) is 30.5 Å². The van der Waals surface area contributed by atoms with Crippen LogP contribution in [-0.4, -0.2) is 33.0 Å². The summed E-state index contributed by atoms with van der Waals surface area (Å²) in [5.74, 6) is 1.42. The molecular weight excluding hydrogens is 464 g/mol. The average Bonchev–Trinajstić information content (AvgIpc) is 3.62. The van der Waals surface area contributed by atoms with Crippen LogP contribution in [0.25, 0.3) is 11.3 Å². The van der Waals surface area contributed by atoms with Gasteiger partial charge < -0.3 is 19.8 Å². The SMILES string of the molecule is C=C(NCc1ccc2nccn2c1)c1cccc(Oc2ccnc(NC(=O)C3=CCN=C3)c2)c1C.CC. The number of nitrogens with one attached hydrogen (secondary N) is 2. The van der Waals surface area contributed by atoms with E-state index in [4.69, 9.17) is 4.74 Å². The van der Waals surface area contributed by atoms with Gasteiger partial charge in [0.1, 0.15) is 23.0 Å². The Morgan fingerprint density at radius 2 is 2.00 bits per heavy atom. The smallest absolute Gasteiger partial charge is 0.258 e. The molecule has 0 unspecified atom stereocenters. The average molecular weight is 495 g/mol. The minimum absolute atomic E-state index is 0.247. The molecule has 8 nitrogen and oxygen atoms in total. The Balaban J connectivity index is 0.00000156. The van der Waals surface area contributed by atoms with E-state index in [9.17, 15) is 4.79 Å². The first-order chi connectivity index (χ1) is 18.1. The summed E-state index contributed by atoms with van der Waals surface area (Å²) in [5, 5.41) is 6.18. The maximum absolute atomic E-state index is 12.3. The number of aliphatic imine (C=N–C) groups is 1. The number of hydrogen-bond donors (Lipinski definition) is 2. The van der Waals surface area contributed by atoms with Gasteiger partial charge in [-0.05, 0) is 36.8 Å². The highest BCUT2D eigenvalue weighted by molar-refractivity contribution is 6.18. The number of aromatic nitrogens is 3. The highest BCUT2D eigenvalue weighted by Gasteiger charge is 2.13. The van der Waals surface area contributed by atoms with Crippen molar-refractivity contribution < 1.29 is 9.53 Å². The van der Waals surface area contributed by atoms with E-state index in [1.807, 2.05) is 67.9 Å². The van der Waals surface area contributed by atoms with Gasteiger partial charge in [0.25, 0.3) is 5.91 Å². The van der Waals surface area contributed by atoms with Crippen molar-refractivity contribution in [2.24, 2.45) is 4.99 Å². The van der Waals surface area contributed by atoms with E-state index in [-0.39, 0.29) is 5.91 Å². The van der Waals surface area contributed by atoms with Crippen LogP contribution in [-0.2, 0) is 11.3 Å². The molecule has 0 atom stereocenters. The zero-order chi connectivity index (χ0) is 26.2. The van der Waals surface area contributed by atoms with Gasteiger partial charge in [0.05, 0.1) is 12.1 Å². The van der Waals surface area contributed by atoms with Gasteiger partial charge in [0.15, 0.2) is 0 Å². The maximum Gasteiger partial charge on any atom is 0.258 e. The minimum Gasteiger partial charge on any atom is -0.457 e. The zero-order valence-electron chi connectivity index (χ0n) is 21.2. The van der Waals surface area contributed by atoms with E-state index in [1.54, 1.807) is 36.8 Å². The summed E-state index contributed by atoms with van der Waals surface area (Å²) in [6, 6.07) is 13.3. The van der Waals surface area contributed by atoms with Gasteiger partial charge in [0.2, 0.25) is 0 Å². The van der Waals surface area contributed by atoms with Crippen molar-refractivity contribution in [3.8, 4) is 11.5 Å². The zero-order valence-corrected chi connectivity index (χ0v) is 21.2. The molecule has 2 N–H and O–H groups in total. The molecule has 1 amide bonds. The second-order valence-electron chi connectivity index (χ2n) is 8.08. The summed E-state index contributed by atoms with van der Waals surface area (Å²) in [7, 11) is 0. The Bertz CT molecular complexity index is 1480. The van der Waals surface area contributed by atoms with E-state index in [1.165, 1.54) is 0 Å². The van der Waals surface area contributed by atoms with Crippen molar-refractivity contribution >= 4 is 29.3 Å². The quantitative estimate of drug-likeness (QED) is 0.334. The number of ether oxygens (including phenoxy) is 1. The molecular formula is C29H30N6O2. The molecule has 0 radical (unpaired) electrons. The molecule has 0 saturated heterocycles. The van der Waals surface area contributed by atoms with Crippen LogP contribution in [0, 0.1) is 6.92 Å². The monoisotopic (exact) mass is 494 g/mol. The maximum atomic E-state index is 12.3. The second-order valence-corrected chi connectivity index (χ2v) is 8.08. The fourth-order valence-electron chi connectivity index (χ4n) is 3.79. The molecule has 1 aliphatic rings. The number of benzene rings is 1. The first-order valence-electron chi connectivity index (χ1n) is 12.2. The van der Waals surface area contributed by atoms with Crippen molar-refractivity contribution in [1.29, 1.82) is 0 Å². The lowest BCUT2D eigenvalue weighted by Gasteiger charge is -2.16. The lowest BCUT2D eigenvalue weighted by Crippen LogP contribution is -2.15. The van der Waals surface area contributed by atoms with E-state index in [2.05, 4.69) is 32.2 Å². The molecule has 1 aliphatic heterocycles. The molecule has 0 fully saturated rings.